The van der Waals surface area contributed by atoms with Crippen molar-refractivity contribution in [3.05, 3.63) is 100 Å². The molecule has 0 unspecified atom stereocenters. The first-order valence-corrected chi connectivity index (χ1v) is 11.7. The van der Waals surface area contributed by atoms with Gasteiger partial charge in [-0.3, -0.25) is 4.79 Å². The number of rotatable bonds is 2. The average molecular weight is 461 g/mol. The van der Waals surface area contributed by atoms with E-state index in [1.54, 1.807) is 12.1 Å². The van der Waals surface area contributed by atoms with E-state index in [9.17, 15) is 10.0 Å². The van der Waals surface area contributed by atoms with E-state index in [1.807, 2.05) is 67.6 Å². The predicted octanol–water partition coefficient (Wildman–Crippen LogP) is 6.81. The van der Waals surface area contributed by atoms with Crippen molar-refractivity contribution in [3.63, 3.8) is 0 Å². The number of Topliss-reactive ketones (excluding diaryl/α,β-unsaturated/α-hetero) is 1. The maximum Gasteiger partial charge on any atom is 0.176 e. The lowest BCUT2D eigenvalue weighted by atomic mass is 9.62. The fraction of sp³-hybridized carbons (Fsp3) is 0.192. The largest absolute Gasteiger partial charge is 0.410 e. The van der Waals surface area contributed by atoms with E-state index >= 15 is 0 Å². The van der Waals surface area contributed by atoms with E-state index in [4.69, 9.17) is 16.6 Å². The number of ketones is 1. The van der Waals surface area contributed by atoms with Gasteiger partial charge >= 0.3 is 0 Å². The summed E-state index contributed by atoms with van der Waals surface area (Å²) in [6.45, 7) is 2.03. The fourth-order valence-corrected chi connectivity index (χ4v) is 6.28. The topological polar surface area (TPSA) is 62.0 Å². The third-order valence-electron chi connectivity index (χ3n) is 6.33. The van der Waals surface area contributed by atoms with Crippen LogP contribution in [0, 0.1) is 12.3 Å². The second-order valence-electron chi connectivity index (χ2n) is 8.24. The fourth-order valence-electron chi connectivity index (χ4n) is 4.76. The van der Waals surface area contributed by atoms with Crippen molar-refractivity contribution in [1.29, 1.82) is 0 Å². The van der Waals surface area contributed by atoms with Crippen LogP contribution in [0.3, 0.4) is 0 Å². The second kappa shape index (κ2) is 8.23. The number of hydrogen-bond donors (Lipinski definition) is 1. The minimum absolute atomic E-state index is 0.0249. The maximum atomic E-state index is 14.2. The van der Waals surface area contributed by atoms with E-state index < -0.39 is 11.3 Å². The molecular weight excluding hydrogens is 440 g/mol. The summed E-state index contributed by atoms with van der Waals surface area (Å²) in [6, 6.07) is 23.1. The van der Waals surface area contributed by atoms with Crippen molar-refractivity contribution in [2.24, 2.45) is 15.6 Å². The summed E-state index contributed by atoms with van der Waals surface area (Å²) in [5, 5.41) is 15.3. The molecule has 2 aliphatic rings. The van der Waals surface area contributed by atoms with Gasteiger partial charge in [0.05, 0.1) is 22.1 Å². The Morgan fingerprint density at radius 2 is 1.84 bits per heavy atom. The molecule has 0 radical (unpaired) electrons. The summed E-state index contributed by atoms with van der Waals surface area (Å²) in [6.07, 6.45) is 1.34. The molecule has 0 saturated carbocycles. The Morgan fingerprint density at radius 1 is 1.06 bits per heavy atom. The van der Waals surface area contributed by atoms with E-state index in [2.05, 4.69) is 5.16 Å². The number of carbonyl (C=O) groups excluding carboxylic acids is 1. The quantitative estimate of drug-likeness (QED) is 0.337. The van der Waals surface area contributed by atoms with Gasteiger partial charge in [-0.2, -0.15) is 0 Å². The van der Waals surface area contributed by atoms with Crippen molar-refractivity contribution >= 4 is 44.9 Å². The van der Waals surface area contributed by atoms with Crippen molar-refractivity contribution in [3.8, 4) is 0 Å². The highest BCUT2D eigenvalue weighted by Gasteiger charge is 2.59. The first kappa shape index (κ1) is 21.0. The number of benzene rings is 3. The van der Waals surface area contributed by atoms with Gasteiger partial charge in [0.15, 0.2) is 5.78 Å². The molecule has 1 N–H and O–H groups in total. The highest BCUT2D eigenvalue weighted by atomic mass is 35.5. The summed E-state index contributed by atoms with van der Waals surface area (Å²) >= 11 is 7.48. The second-order valence-corrected chi connectivity index (χ2v) is 9.68. The predicted molar refractivity (Wildman–Crippen MR) is 131 cm³/mol. The highest BCUT2D eigenvalue weighted by molar-refractivity contribution is 8.27. The molecule has 1 aliphatic heterocycles. The van der Waals surface area contributed by atoms with Gasteiger partial charge in [0, 0.05) is 10.6 Å². The smallest absolute Gasteiger partial charge is 0.176 e. The van der Waals surface area contributed by atoms with Crippen molar-refractivity contribution in [2.75, 3.05) is 0 Å². The standard InChI is InChI=1S/C26H21ClN2O2S/c1-16-9-11-18(12-10-16)22-24(29-31)32-25(28-20-7-4-6-19(27)15-20)26(22)14-13-17-5-2-3-8-21(17)23(26)30/h2-12,15,22,31H,13-14H2,1H3/b28-25?,29-24-/t22-,26-/m0/s1. The zero-order valence-electron chi connectivity index (χ0n) is 17.5. The number of aryl methyl sites for hydroxylation is 2. The lowest BCUT2D eigenvalue weighted by Crippen LogP contribution is -2.44. The number of nitrogens with zero attached hydrogens (tertiary/aromatic N) is 2. The Labute approximate surface area is 196 Å². The Balaban J connectivity index is 1.75. The molecule has 0 bridgehead atoms. The van der Waals surface area contributed by atoms with Crippen LogP contribution in [0.25, 0.3) is 0 Å². The van der Waals surface area contributed by atoms with Gasteiger partial charge < -0.3 is 5.21 Å². The Kier molecular flexibility index (Phi) is 5.39. The molecule has 1 spiro atoms. The molecule has 1 fully saturated rings. The van der Waals surface area contributed by atoms with Gasteiger partial charge in [0.1, 0.15) is 5.04 Å². The third kappa shape index (κ3) is 3.37. The van der Waals surface area contributed by atoms with Crippen LogP contribution in [-0.4, -0.2) is 21.1 Å². The lowest BCUT2D eigenvalue weighted by molar-refractivity contribution is 0.0843. The van der Waals surface area contributed by atoms with Gasteiger partial charge in [0.25, 0.3) is 0 Å². The van der Waals surface area contributed by atoms with E-state index in [0.29, 0.717) is 27.2 Å². The Bertz CT molecular complexity index is 1270. The maximum absolute atomic E-state index is 14.2. The van der Waals surface area contributed by atoms with Crippen LogP contribution in [0.1, 0.15) is 39.4 Å². The molecule has 4 nitrogen and oxygen atoms in total. The minimum Gasteiger partial charge on any atom is -0.410 e. The molecule has 2 atom stereocenters. The first-order chi connectivity index (χ1) is 15.5. The summed E-state index contributed by atoms with van der Waals surface area (Å²) < 4.78 is 0. The summed E-state index contributed by atoms with van der Waals surface area (Å²) in [7, 11) is 0. The Morgan fingerprint density at radius 3 is 2.59 bits per heavy atom. The van der Waals surface area contributed by atoms with Crippen LogP contribution < -0.4 is 0 Å². The van der Waals surface area contributed by atoms with E-state index in [-0.39, 0.29) is 5.78 Å². The van der Waals surface area contributed by atoms with E-state index in [0.717, 1.165) is 28.7 Å². The van der Waals surface area contributed by atoms with Crippen molar-refractivity contribution < 1.29 is 10.0 Å². The van der Waals surface area contributed by atoms with E-state index in [1.165, 1.54) is 11.8 Å². The highest BCUT2D eigenvalue weighted by Crippen LogP contribution is 2.57. The molecule has 3 aromatic rings. The number of hydrogen-bond acceptors (Lipinski definition) is 5. The van der Waals surface area contributed by atoms with Crippen LogP contribution in [0.2, 0.25) is 5.02 Å². The average Bonchev–Trinajstić information content (AvgIpc) is 3.11. The number of fused-ring (bicyclic) bond motifs is 1. The molecule has 0 aromatic heterocycles. The first-order valence-electron chi connectivity index (χ1n) is 10.5. The number of carbonyl (C=O) groups is 1. The normalized spacial score (nSPS) is 24.9. The zero-order valence-corrected chi connectivity index (χ0v) is 19.0. The Hall–Kier alpha value is -2.89. The SMILES string of the molecule is Cc1ccc([C@H]2/C(=N/O)SC(=Nc3cccc(Cl)c3)[C@@]23CCc2ccccc2C3=O)cc1. The third-order valence-corrected chi connectivity index (χ3v) is 7.74. The molecule has 1 aliphatic carbocycles. The lowest BCUT2D eigenvalue weighted by Gasteiger charge is -2.37. The summed E-state index contributed by atoms with van der Waals surface area (Å²) in [5.41, 5.74) is 3.58. The minimum atomic E-state index is -0.932. The van der Waals surface area contributed by atoms with Gasteiger partial charge in [-0.1, -0.05) is 88.7 Å². The molecule has 3 aromatic carbocycles. The van der Waals surface area contributed by atoms with Crippen molar-refractivity contribution in [1.82, 2.24) is 0 Å². The molecule has 160 valence electrons. The monoisotopic (exact) mass is 460 g/mol. The molecular formula is C26H21ClN2O2S. The number of thioether (sulfide) groups is 1. The molecule has 1 heterocycles. The molecule has 5 rings (SSSR count). The van der Waals surface area contributed by atoms with Gasteiger partial charge in [-0.15, -0.1) is 0 Å². The van der Waals surface area contributed by atoms with Crippen LogP contribution in [0.5, 0.6) is 0 Å². The van der Waals surface area contributed by atoms with Crippen LogP contribution in [0.15, 0.2) is 82.9 Å². The molecule has 0 amide bonds. The van der Waals surface area contributed by atoms with Crippen LogP contribution in [-0.2, 0) is 6.42 Å². The van der Waals surface area contributed by atoms with Gasteiger partial charge in [-0.25, -0.2) is 4.99 Å². The van der Waals surface area contributed by atoms with Gasteiger partial charge in [0.2, 0.25) is 0 Å². The zero-order chi connectivity index (χ0) is 22.3. The van der Waals surface area contributed by atoms with Crippen LogP contribution >= 0.6 is 23.4 Å². The molecule has 1 saturated heterocycles. The number of oxime groups is 1. The number of halogens is 1. The number of aliphatic imine (C=N–C) groups is 1. The molecule has 6 heteroatoms. The molecule has 32 heavy (non-hydrogen) atoms. The van der Waals surface area contributed by atoms with Crippen molar-refractivity contribution in [2.45, 2.75) is 25.7 Å². The summed E-state index contributed by atoms with van der Waals surface area (Å²) in [4.78, 5) is 19.1. The van der Waals surface area contributed by atoms with Gasteiger partial charge in [-0.05, 0) is 49.1 Å². The van der Waals surface area contributed by atoms with Crippen LogP contribution in [0.4, 0.5) is 5.69 Å². The summed E-state index contributed by atoms with van der Waals surface area (Å²) in [5.74, 6) is -0.381.